The van der Waals surface area contributed by atoms with Crippen molar-refractivity contribution in [1.82, 2.24) is 15.2 Å². The van der Waals surface area contributed by atoms with E-state index in [-0.39, 0.29) is 18.0 Å². The molecular weight excluding hydrogens is 304 g/mol. The van der Waals surface area contributed by atoms with Gasteiger partial charge >= 0.3 is 6.03 Å². The third kappa shape index (κ3) is 4.04. The van der Waals surface area contributed by atoms with Crippen LogP contribution in [0.25, 0.3) is 0 Å². The first-order valence-electron chi connectivity index (χ1n) is 8.94. The number of pyridine rings is 1. The zero-order chi connectivity index (χ0) is 16.9. The van der Waals surface area contributed by atoms with Gasteiger partial charge in [-0.25, -0.2) is 9.78 Å². The van der Waals surface area contributed by atoms with Gasteiger partial charge in [0.1, 0.15) is 11.9 Å². The maximum Gasteiger partial charge on any atom is 0.318 e. The van der Waals surface area contributed by atoms with Gasteiger partial charge in [0.25, 0.3) is 0 Å². The molecule has 6 heteroatoms. The normalized spacial score (nSPS) is 21.5. The van der Waals surface area contributed by atoms with Gasteiger partial charge in [0.2, 0.25) is 5.91 Å². The van der Waals surface area contributed by atoms with Crippen molar-refractivity contribution in [2.45, 2.75) is 64.0 Å². The van der Waals surface area contributed by atoms with E-state index in [1.807, 2.05) is 19.1 Å². The van der Waals surface area contributed by atoms with Gasteiger partial charge in [0.15, 0.2) is 0 Å². The number of rotatable bonds is 3. The third-order valence-electron chi connectivity index (χ3n) is 4.92. The van der Waals surface area contributed by atoms with E-state index in [2.05, 4.69) is 15.6 Å². The average molecular weight is 330 g/mol. The lowest BCUT2D eigenvalue weighted by atomic mass is 9.96. The van der Waals surface area contributed by atoms with Crippen LogP contribution in [0.5, 0.6) is 0 Å². The molecule has 2 heterocycles. The summed E-state index contributed by atoms with van der Waals surface area (Å²) in [4.78, 5) is 31.0. The van der Waals surface area contributed by atoms with Gasteiger partial charge in [-0.3, -0.25) is 4.79 Å². The first kappa shape index (κ1) is 16.7. The highest BCUT2D eigenvalue weighted by Crippen LogP contribution is 2.21. The van der Waals surface area contributed by atoms with Crippen LogP contribution in [-0.2, 0) is 4.79 Å². The second-order valence-corrected chi connectivity index (χ2v) is 6.84. The fourth-order valence-electron chi connectivity index (χ4n) is 3.60. The number of hydrogen-bond acceptors (Lipinski definition) is 3. The largest absolute Gasteiger partial charge is 0.335 e. The van der Waals surface area contributed by atoms with Gasteiger partial charge in [-0.1, -0.05) is 19.3 Å². The van der Waals surface area contributed by atoms with E-state index >= 15 is 0 Å². The summed E-state index contributed by atoms with van der Waals surface area (Å²) in [5.74, 6) is 0.393. The molecule has 24 heavy (non-hydrogen) atoms. The zero-order valence-corrected chi connectivity index (χ0v) is 14.3. The molecule has 1 aromatic rings. The molecule has 3 amide bonds. The molecule has 1 atom stereocenters. The molecule has 130 valence electrons. The minimum absolute atomic E-state index is 0.100. The highest BCUT2D eigenvalue weighted by Gasteiger charge is 2.35. The maximum atomic E-state index is 12.6. The average Bonchev–Trinajstić information content (AvgIpc) is 3.06. The lowest BCUT2D eigenvalue weighted by molar-refractivity contribution is -0.119. The molecule has 3 rings (SSSR count). The number of urea groups is 1. The van der Waals surface area contributed by atoms with Crippen molar-refractivity contribution in [3.8, 4) is 0 Å². The molecule has 0 aromatic carbocycles. The topological polar surface area (TPSA) is 74.3 Å². The van der Waals surface area contributed by atoms with Gasteiger partial charge in [-0.2, -0.15) is 0 Å². The number of carbonyl (C=O) groups is 2. The standard InChI is InChI=1S/C18H26N4O2/c1-13-9-10-19-16(12-13)21-17(23)15-8-5-11-22(15)18(24)20-14-6-3-2-4-7-14/h9-10,12,14-15H,2-8,11H2,1H3,(H,20,24)(H,19,21,23)/t15-/m1/s1. The van der Waals surface area contributed by atoms with Crippen LogP contribution in [0.1, 0.15) is 50.5 Å². The third-order valence-corrected chi connectivity index (χ3v) is 4.92. The number of hydrogen-bond donors (Lipinski definition) is 2. The Labute approximate surface area is 143 Å². The molecule has 2 N–H and O–H groups in total. The highest BCUT2D eigenvalue weighted by atomic mass is 16.2. The molecule has 1 saturated heterocycles. The molecule has 0 spiro atoms. The summed E-state index contributed by atoms with van der Waals surface area (Å²) in [5.41, 5.74) is 1.04. The fourth-order valence-corrected chi connectivity index (χ4v) is 3.60. The number of amides is 3. The van der Waals surface area contributed by atoms with Crippen molar-refractivity contribution in [1.29, 1.82) is 0 Å². The number of anilines is 1. The monoisotopic (exact) mass is 330 g/mol. The molecule has 2 aliphatic rings. The van der Waals surface area contributed by atoms with E-state index in [0.717, 1.165) is 24.8 Å². The van der Waals surface area contributed by atoms with Crippen LogP contribution in [0.2, 0.25) is 0 Å². The molecule has 0 unspecified atom stereocenters. The molecule has 1 saturated carbocycles. The number of likely N-dealkylation sites (tertiary alicyclic amines) is 1. The van der Waals surface area contributed by atoms with Crippen molar-refractivity contribution < 1.29 is 9.59 Å². The molecule has 1 aliphatic carbocycles. The summed E-state index contributed by atoms with van der Waals surface area (Å²) in [6, 6.07) is 3.47. The minimum Gasteiger partial charge on any atom is -0.335 e. The molecule has 6 nitrogen and oxygen atoms in total. The Balaban J connectivity index is 1.59. The Bertz CT molecular complexity index is 598. The Kier molecular flexibility index (Phi) is 5.33. The minimum atomic E-state index is -0.407. The van der Waals surface area contributed by atoms with E-state index < -0.39 is 6.04 Å². The Morgan fingerprint density at radius 3 is 2.71 bits per heavy atom. The van der Waals surface area contributed by atoms with Crippen molar-refractivity contribution >= 4 is 17.8 Å². The lowest BCUT2D eigenvalue weighted by Gasteiger charge is -2.29. The molecule has 2 fully saturated rings. The lowest BCUT2D eigenvalue weighted by Crippen LogP contribution is -2.50. The molecule has 1 aliphatic heterocycles. The van der Waals surface area contributed by atoms with Crippen LogP contribution in [0.4, 0.5) is 10.6 Å². The van der Waals surface area contributed by atoms with Crippen molar-refractivity contribution in [3.05, 3.63) is 23.9 Å². The van der Waals surface area contributed by atoms with Crippen molar-refractivity contribution in [3.63, 3.8) is 0 Å². The Morgan fingerprint density at radius 1 is 1.17 bits per heavy atom. The summed E-state index contributed by atoms with van der Waals surface area (Å²) < 4.78 is 0. The second kappa shape index (κ2) is 7.64. The van der Waals surface area contributed by atoms with Crippen molar-refractivity contribution in [2.24, 2.45) is 0 Å². The summed E-state index contributed by atoms with van der Waals surface area (Å²) in [5, 5.41) is 5.95. The summed E-state index contributed by atoms with van der Waals surface area (Å²) in [6.45, 7) is 2.59. The fraction of sp³-hybridized carbons (Fsp3) is 0.611. The van der Waals surface area contributed by atoms with Gasteiger partial charge in [-0.05, 0) is 50.3 Å². The van der Waals surface area contributed by atoms with Gasteiger partial charge in [0, 0.05) is 18.8 Å². The second-order valence-electron chi connectivity index (χ2n) is 6.84. The van der Waals surface area contributed by atoms with Crippen LogP contribution in [0.15, 0.2) is 18.3 Å². The molecule has 0 radical (unpaired) electrons. The number of nitrogens with one attached hydrogen (secondary N) is 2. The van der Waals surface area contributed by atoms with Crippen molar-refractivity contribution in [2.75, 3.05) is 11.9 Å². The van der Waals surface area contributed by atoms with E-state index in [1.165, 1.54) is 19.3 Å². The number of nitrogens with zero attached hydrogens (tertiary/aromatic N) is 2. The smallest absolute Gasteiger partial charge is 0.318 e. The van der Waals surface area contributed by atoms with E-state index in [9.17, 15) is 9.59 Å². The van der Waals surface area contributed by atoms with Gasteiger partial charge < -0.3 is 15.5 Å². The Hall–Kier alpha value is -2.11. The van der Waals surface area contributed by atoms with Crippen LogP contribution in [0, 0.1) is 6.92 Å². The molecule has 0 bridgehead atoms. The molecular formula is C18H26N4O2. The number of aryl methyl sites for hydroxylation is 1. The van der Waals surface area contributed by atoms with Crippen LogP contribution < -0.4 is 10.6 Å². The van der Waals surface area contributed by atoms with Gasteiger partial charge in [0.05, 0.1) is 0 Å². The first-order chi connectivity index (χ1) is 11.6. The van der Waals surface area contributed by atoms with E-state index in [4.69, 9.17) is 0 Å². The van der Waals surface area contributed by atoms with Crippen LogP contribution in [0.3, 0.4) is 0 Å². The first-order valence-corrected chi connectivity index (χ1v) is 8.94. The summed E-state index contributed by atoms with van der Waals surface area (Å²) in [6.07, 6.45) is 8.93. The van der Waals surface area contributed by atoms with Crippen LogP contribution in [-0.4, -0.2) is 40.5 Å². The van der Waals surface area contributed by atoms with E-state index in [0.29, 0.717) is 18.8 Å². The highest BCUT2D eigenvalue weighted by molar-refractivity contribution is 5.96. The predicted octanol–water partition coefficient (Wildman–Crippen LogP) is 2.84. The summed E-state index contributed by atoms with van der Waals surface area (Å²) >= 11 is 0. The van der Waals surface area contributed by atoms with E-state index in [1.54, 1.807) is 11.1 Å². The zero-order valence-electron chi connectivity index (χ0n) is 14.3. The summed E-state index contributed by atoms with van der Waals surface area (Å²) in [7, 11) is 0. The predicted molar refractivity (Wildman–Crippen MR) is 92.7 cm³/mol. The Morgan fingerprint density at radius 2 is 1.96 bits per heavy atom. The number of aromatic nitrogens is 1. The van der Waals surface area contributed by atoms with Gasteiger partial charge in [-0.15, -0.1) is 0 Å². The van der Waals surface area contributed by atoms with Crippen LogP contribution >= 0.6 is 0 Å². The quantitative estimate of drug-likeness (QED) is 0.895. The maximum absolute atomic E-state index is 12.6. The SMILES string of the molecule is Cc1ccnc(NC(=O)[C@H]2CCCN2C(=O)NC2CCCCC2)c1. The molecule has 1 aromatic heterocycles. The number of carbonyl (C=O) groups excluding carboxylic acids is 2.